The van der Waals surface area contributed by atoms with Crippen LogP contribution in [0.15, 0.2) is 217 Å². The first kappa shape index (κ1) is 35.2. The van der Waals surface area contributed by atoms with Crippen LogP contribution in [0.2, 0.25) is 0 Å². The van der Waals surface area contributed by atoms with Crippen LogP contribution in [0, 0.1) is 0 Å². The third-order valence-electron chi connectivity index (χ3n) is 12.4. The summed E-state index contributed by atoms with van der Waals surface area (Å²) in [5.41, 5.74) is 13.3. The van der Waals surface area contributed by atoms with E-state index in [0.717, 1.165) is 61.0 Å². The number of fused-ring (bicyclic) bond motifs is 9. The zero-order valence-corrected chi connectivity index (χ0v) is 33.9. The summed E-state index contributed by atoms with van der Waals surface area (Å²) < 4.78 is 11.1. The Hall–Kier alpha value is -8.61. The third-order valence-corrected chi connectivity index (χ3v) is 12.4. The van der Waals surface area contributed by atoms with Gasteiger partial charge >= 0.3 is 0 Å². The predicted molar refractivity (Wildman–Crippen MR) is 258 cm³/mol. The second-order valence-corrected chi connectivity index (χ2v) is 15.9. The Kier molecular flexibility index (Phi) is 7.80. The summed E-state index contributed by atoms with van der Waals surface area (Å²) in [4.78, 5) is 15.8. The van der Waals surface area contributed by atoms with Crippen LogP contribution >= 0.6 is 0 Å². The van der Waals surface area contributed by atoms with E-state index in [0.29, 0.717) is 17.5 Å². The SMILES string of the molecule is c1ccc(-c2nc(-c3ccccc3-n3c4ccccc4c4c(-c5cccc6c5c5ccccc5n6-c5ccccc5)cccc43)nc(-c3cccc4oc5ccccc5c34)n2)cc1. The fourth-order valence-electron chi connectivity index (χ4n) is 9.75. The average molecular weight is 806 g/mol. The molecule has 0 bridgehead atoms. The summed E-state index contributed by atoms with van der Waals surface area (Å²) in [5.74, 6) is 1.76. The predicted octanol–water partition coefficient (Wildman–Crippen LogP) is 14.6. The second kappa shape index (κ2) is 14.0. The van der Waals surface area contributed by atoms with E-state index in [9.17, 15) is 0 Å². The van der Waals surface area contributed by atoms with Crippen LogP contribution in [-0.4, -0.2) is 24.1 Å². The molecule has 0 unspecified atom stereocenters. The highest BCUT2D eigenvalue weighted by Crippen LogP contribution is 2.45. The molecule has 0 fully saturated rings. The van der Waals surface area contributed by atoms with E-state index in [1.165, 1.54) is 43.7 Å². The maximum Gasteiger partial charge on any atom is 0.166 e. The Morgan fingerprint density at radius 3 is 1.51 bits per heavy atom. The summed E-state index contributed by atoms with van der Waals surface area (Å²) >= 11 is 0. The molecule has 0 atom stereocenters. The maximum atomic E-state index is 6.33. The zero-order chi connectivity index (χ0) is 41.4. The molecule has 9 aromatic carbocycles. The summed E-state index contributed by atoms with van der Waals surface area (Å²) in [5, 5.41) is 6.81. The van der Waals surface area contributed by atoms with Crippen molar-refractivity contribution in [3.63, 3.8) is 0 Å². The first-order valence-corrected chi connectivity index (χ1v) is 21.2. The van der Waals surface area contributed by atoms with E-state index in [-0.39, 0.29) is 0 Å². The number of hydrogen-bond donors (Lipinski definition) is 0. The number of aromatic nitrogens is 5. The minimum absolute atomic E-state index is 0.582. The molecule has 6 heteroatoms. The Balaban J connectivity index is 1.07. The van der Waals surface area contributed by atoms with Crippen molar-refractivity contribution in [1.29, 1.82) is 0 Å². The maximum absolute atomic E-state index is 6.33. The molecule has 0 N–H and O–H groups in total. The van der Waals surface area contributed by atoms with Crippen molar-refractivity contribution in [2.45, 2.75) is 0 Å². The van der Waals surface area contributed by atoms with Gasteiger partial charge in [0.25, 0.3) is 0 Å². The van der Waals surface area contributed by atoms with E-state index in [1.54, 1.807) is 0 Å². The molecule has 0 aliphatic carbocycles. The van der Waals surface area contributed by atoms with Crippen LogP contribution in [-0.2, 0) is 0 Å². The Labute approximate surface area is 361 Å². The van der Waals surface area contributed by atoms with Gasteiger partial charge in [-0.2, -0.15) is 0 Å². The molecule has 13 rings (SSSR count). The zero-order valence-electron chi connectivity index (χ0n) is 33.9. The standard InChI is InChI=1S/C57H35N5O/c1-3-18-36(19-4-1)55-58-56(60-57(59-55)44-28-17-35-51-54(44)43-25-10-14-34-50(43)63-51)42-24-9-13-31-47(42)62-46-30-12-8-23-41(46)53-39(27-16-33-49(53)62)38-26-15-32-48-52(38)40-22-7-11-29-45(40)61(48)37-20-5-2-6-21-37/h1-35H. The highest BCUT2D eigenvalue weighted by Gasteiger charge is 2.24. The quantitative estimate of drug-likeness (QED) is 0.168. The summed E-state index contributed by atoms with van der Waals surface area (Å²) in [6.45, 7) is 0. The van der Waals surface area contributed by atoms with E-state index in [1.807, 2.05) is 48.5 Å². The van der Waals surface area contributed by atoms with Gasteiger partial charge in [0.2, 0.25) is 0 Å². The molecule has 13 aromatic rings. The summed E-state index contributed by atoms with van der Waals surface area (Å²) in [6, 6.07) is 74.4. The van der Waals surface area contributed by atoms with Crippen LogP contribution in [0.5, 0.6) is 0 Å². The molecular weight excluding hydrogens is 771 g/mol. The van der Waals surface area contributed by atoms with Crippen LogP contribution in [0.1, 0.15) is 0 Å². The van der Waals surface area contributed by atoms with E-state index >= 15 is 0 Å². The van der Waals surface area contributed by atoms with E-state index in [4.69, 9.17) is 19.4 Å². The van der Waals surface area contributed by atoms with Gasteiger partial charge in [0, 0.05) is 54.7 Å². The number of nitrogens with zero attached hydrogens (tertiary/aromatic N) is 5. The highest BCUT2D eigenvalue weighted by atomic mass is 16.3. The molecule has 294 valence electrons. The fourth-order valence-corrected chi connectivity index (χ4v) is 9.75. The monoisotopic (exact) mass is 805 g/mol. The molecule has 63 heavy (non-hydrogen) atoms. The van der Waals surface area contributed by atoms with Gasteiger partial charge < -0.3 is 13.6 Å². The molecule has 0 saturated carbocycles. The van der Waals surface area contributed by atoms with Gasteiger partial charge in [-0.25, -0.2) is 15.0 Å². The van der Waals surface area contributed by atoms with Crippen LogP contribution in [0.3, 0.4) is 0 Å². The molecule has 6 nitrogen and oxygen atoms in total. The van der Waals surface area contributed by atoms with Crippen LogP contribution < -0.4 is 0 Å². The van der Waals surface area contributed by atoms with Crippen LogP contribution in [0.4, 0.5) is 0 Å². The van der Waals surface area contributed by atoms with E-state index < -0.39 is 0 Å². The van der Waals surface area contributed by atoms with Crippen molar-refractivity contribution in [2.75, 3.05) is 0 Å². The van der Waals surface area contributed by atoms with Gasteiger partial charge in [-0.05, 0) is 71.8 Å². The lowest BCUT2D eigenvalue weighted by Crippen LogP contribution is -2.03. The van der Waals surface area contributed by atoms with Crippen molar-refractivity contribution >= 4 is 65.6 Å². The van der Waals surface area contributed by atoms with Gasteiger partial charge in [0.05, 0.1) is 27.8 Å². The summed E-state index contributed by atoms with van der Waals surface area (Å²) in [6.07, 6.45) is 0. The first-order valence-electron chi connectivity index (χ1n) is 21.2. The molecule has 4 heterocycles. The second-order valence-electron chi connectivity index (χ2n) is 15.9. The fraction of sp³-hybridized carbons (Fsp3) is 0. The number of furan rings is 1. The Bertz CT molecular complexity index is 3920. The number of benzene rings is 9. The molecule has 0 aliphatic rings. The third kappa shape index (κ3) is 5.41. The first-order chi connectivity index (χ1) is 31.3. The minimum atomic E-state index is 0.582. The van der Waals surface area contributed by atoms with Crippen LogP contribution in [0.25, 0.3) is 122 Å². The topological polar surface area (TPSA) is 61.7 Å². The molecule has 0 saturated heterocycles. The lowest BCUT2D eigenvalue weighted by Gasteiger charge is -2.15. The van der Waals surface area contributed by atoms with Crippen molar-refractivity contribution in [1.82, 2.24) is 24.1 Å². The van der Waals surface area contributed by atoms with Gasteiger partial charge in [-0.3, -0.25) is 0 Å². The molecule has 0 radical (unpaired) electrons. The Morgan fingerprint density at radius 1 is 0.302 bits per heavy atom. The van der Waals surface area contributed by atoms with Crippen molar-refractivity contribution in [2.24, 2.45) is 0 Å². The van der Waals surface area contributed by atoms with Gasteiger partial charge in [-0.15, -0.1) is 0 Å². The molecular formula is C57H35N5O. The van der Waals surface area contributed by atoms with Gasteiger partial charge in [0.15, 0.2) is 17.5 Å². The lowest BCUT2D eigenvalue weighted by atomic mass is 9.95. The van der Waals surface area contributed by atoms with Gasteiger partial charge in [-0.1, -0.05) is 152 Å². The van der Waals surface area contributed by atoms with E-state index in [2.05, 4.69) is 173 Å². The van der Waals surface area contributed by atoms with Crippen molar-refractivity contribution in [3.8, 4) is 56.7 Å². The average Bonchev–Trinajstić information content (AvgIpc) is 4.02. The number of hydrogen-bond acceptors (Lipinski definition) is 4. The van der Waals surface area contributed by atoms with Gasteiger partial charge in [0.1, 0.15) is 11.2 Å². The van der Waals surface area contributed by atoms with Crippen molar-refractivity contribution in [3.05, 3.63) is 212 Å². The smallest absolute Gasteiger partial charge is 0.166 e. The Morgan fingerprint density at radius 2 is 0.778 bits per heavy atom. The normalized spacial score (nSPS) is 11.8. The minimum Gasteiger partial charge on any atom is -0.456 e. The lowest BCUT2D eigenvalue weighted by molar-refractivity contribution is 0.669. The number of para-hydroxylation sites is 5. The molecule has 0 spiro atoms. The largest absolute Gasteiger partial charge is 0.456 e. The highest BCUT2D eigenvalue weighted by molar-refractivity contribution is 6.22. The van der Waals surface area contributed by atoms with Crippen molar-refractivity contribution < 1.29 is 4.42 Å². The molecule has 0 aliphatic heterocycles. The molecule has 4 aromatic heterocycles. The number of rotatable bonds is 6. The summed E-state index contributed by atoms with van der Waals surface area (Å²) in [7, 11) is 0. The molecule has 0 amide bonds.